The zero-order valence-corrected chi connectivity index (χ0v) is 17.6. The van der Waals surface area contributed by atoms with Gasteiger partial charge in [-0.15, -0.1) is 11.3 Å². The smallest absolute Gasteiger partial charge is 0.227 e. The molecule has 1 aromatic carbocycles. The standard InChI is InChI=1S/C21H22N6O2S/c1-12(2)21(28)24-17-10-16-18(30-17)20(27-6-8-29-9-7-27)25-19(23-16)13-4-3-5-15-14(13)11-22-26-15/h3-5,10-12H,6-9H2,1-2H3,(H,22,26)(H,24,28). The van der Waals surface area contributed by atoms with Crippen molar-refractivity contribution in [3.8, 4) is 11.4 Å². The first-order chi connectivity index (χ1) is 14.6. The molecule has 0 saturated carbocycles. The molecule has 3 aromatic heterocycles. The van der Waals surface area contributed by atoms with Gasteiger partial charge in [-0.05, 0) is 12.1 Å². The van der Waals surface area contributed by atoms with Gasteiger partial charge in [0, 0.05) is 30.0 Å². The average Bonchev–Trinajstić information content (AvgIpc) is 3.39. The normalized spacial score (nSPS) is 14.7. The SMILES string of the molecule is CC(C)C(=O)Nc1cc2nc(-c3cccc4[nH]ncc34)nc(N3CCOCC3)c2s1. The highest BCUT2D eigenvalue weighted by Gasteiger charge is 2.21. The first kappa shape index (κ1) is 19.0. The summed E-state index contributed by atoms with van der Waals surface area (Å²) in [5, 5.41) is 11.9. The molecule has 2 N–H and O–H groups in total. The van der Waals surface area contributed by atoms with Crippen LogP contribution in [0, 0.1) is 5.92 Å². The molecule has 4 aromatic rings. The van der Waals surface area contributed by atoms with Gasteiger partial charge in [-0.25, -0.2) is 9.97 Å². The summed E-state index contributed by atoms with van der Waals surface area (Å²) in [6, 6.07) is 7.90. The van der Waals surface area contributed by atoms with Crippen molar-refractivity contribution in [3.63, 3.8) is 0 Å². The number of H-pyrrole nitrogens is 1. The topological polar surface area (TPSA) is 96.0 Å². The largest absolute Gasteiger partial charge is 0.378 e. The third-order valence-corrected chi connectivity index (χ3v) is 6.20. The summed E-state index contributed by atoms with van der Waals surface area (Å²) in [4.78, 5) is 24.3. The van der Waals surface area contributed by atoms with Crippen molar-refractivity contribution in [3.05, 3.63) is 30.5 Å². The highest BCUT2D eigenvalue weighted by Crippen LogP contribution is 2.38. The second-order valence-electron chi connectivity index (χ2n) is 7.58. The Kier molecular flexibility index (Phi) is 4.84. The number of benzene rings is 1. The number of ether oxygens (including phenoxy) is 1. The van der Waals surface area contributed by atoms with Gasteiger partial charge >= 0.3 is 0 Å². The Labute approximate surface area is 177 Å². The Morgan fingerprint density at radius 1 is 1.27 bits per heavy atom. The summed E-state index contributed by atoms with van der Waals surface area (Å²) in [7, 11) is 0. The maximum absolute atomic E-state index is 12.2. The molecule has 1 amide bonds. The molecule has 0 unspecified atom stereocenters. The first-order valence-electron chi connectivity index (χ1n) is 9.98. The number of morpholine rings is 1. The fourth-order valence-electron chi connectivity index (χ4n) is 3.52. The summed E-state index contributed by atoms with van der Waals surface area (Å²) < 4.78 is 6.50. The van der Waals surface area contributed by atoms with E-state index in [0.29, 0.717) is 19.0 Å². The van der Waals surface area contributed by atoms with Crippen LogP contribution in [0.2, 0.25) is 0 Å². The minimum atomic E-state index is -0.0886. The molecule has 0 atom stereocenters. The molecule has 5 rings (SSSR count). The fraction of sp³-hybridized carbons (Fsp3) is 0.333. The lowest BCUT2D eigenvalue weighted by atomic mass is 10.1. The van der Waals surface area contributed by atoms with Crippen LogP contribution in [0.3, 0.4) is 0 Å². The van der Waals surface area contributed by atoms with Crippen LogP contribution in [-0.2, 0) is 9.53 Å². The molecule has 30 heavy (non-hydrogen) atoms. The quantitative estimate of drug-likeness (QED) is 0.521. The molecule has 8 nitrogen and oxygen atoms in total. The number of hydrogen-bond donors (Lipinski definition) is 2. The molecule has 154 valence electrons. The van der Waals surface area contributed by atoms with Gasteiger partial charge in [0.05, 0.1) is 40.1 Å². The van der Waals surface area contributed by atoms with Gasteiger partial charge in [0.2, 0.25) is 5.91 Å². The van der Waals surface area contributed by atoms with Gasteiger partial charge in [0.15, 0.2) is 11.6 Å². The minimum Gasteiger partial charge on any atom is -0.378 e. The molecule has 9 heteroatoms. The van der Waals surface area contributed by atoms with Crippen LogP contribution in [0.25, 0.3) is 32.5 Å². The van der Waals surface area contributed by atoms with Crippen LogP contribution in [0.4, 0.5) is 10.8 Å². The molecular formula is C21H22N6O2S. The third kappa shape index (κ3) is 3.40. The predicted molar refractivity (Wildman–Crippen MR) is 119 cm³/mol. The van der Waals surface area contributed by atoms with Gasteiger partial charge in [-0.2, -0.15) is 5.10 Å². The molecule has 1 saturated heterocycles. The Morgan fingerprint density at radius 3 is 2.90 bits per heavy atom. The lowest BCUT2D eigenvalue weighted by Gasteiger charge is -2.28. The molecule has 0 bridgehead atoms. The van der Waals surface area contributed by atoms with Crippen molar-refractivity contribution in [1.29, 1.82) is 0 Å². The van der Waals surface area contributed by atoms with Crippen LogP contribution >= 0.6 is 11.3 Å². The number of aromatic nitrogens is 4. The summed E-state index contributed by atoms with van der Waals surface area (Å²) in [6.45, 7) is 6.64. The minimum absolute atomic E-state index is 0.00849. The van der Waals surface area contributed by atoms with Crippen LogP contribution in [0.1, 0.15) is 13.8 Å². The highest BCUT2D eigenvalue weighted by molar-refractivity contribution is 7.23. The van der Waals surface area contributed by atoms with E-state index in [-0.39, 0.29) is 11.8 Å². The molecule has 0 spiro atoms. The predicted octanol–water partition coefficient (Wildman–Crippen LogP) is 3.67. The van der Waals surface area contributed by atoms with Crippen molar-refractivity contribution in [2.75, 3.05) is 36.5 Å². The van der Waals surface area contributed by atoms with Gasteiger partial charge in [-0.3, -0.25) is 9.89 Å². The Hall–Kier alpha value is -3.04. The second-order valence-corrected chi connectivity index (χ2v) is 8.63. The van der Waals surface area contributed by atoms with Crippen LogP contribution in [0.5, 0.6) is 0 Å². The lowest BCUT2D eigenvalue weighted by molar-refractivity contribution is -0.118. The van der Waals surface area contributed by atoms with E-state index < -0.39 is 0 Å². The summed E-state index contributed by atoms with van der Waals surface area (Å²) in [5.74, 6) is 1.43. The number of thiophene rings is 1. The third-order valence-electron chi connectivity index (χ3n) is 5.16. The van der Waals surface area contributed by atoms with E-state index in [1.165, 1.54) is 11.3 Å². The van der Waals surface area contributed by atoms with E-state index in [1.54, 1.807) is 6.20 Å². The Balaban J connectivity index is 1.66. The van der Waals surface area contributed by atoms with Gasteiger partial charge < -0.3 is 15.0 Å². The lowest BCUT2D eigenvalue weighted by Crippen LogP contribution is -2.36. The zero-order valence-electron chi connectivity index (χ0n) is 16.8. The molecule has 0 aliphatic carbocycles. The van der Waals surface area contributed by atoms with E-state index in [1.807, 2.05) is 38.1 Å². The molecule has 1 aliphatic heterocycles. The van der Waals surface area contributed by atoms with E-state index in [4.69, 9.17) is 14.7 Å². The van der Waals surface area contributed by atoms with Gasteiger partial charge in [0.25, 0.3) is 0 Å². The van der Waals surface area contributed by atoms with Crippen LogP contribution in [-0.4, -0.2) is 52.4 Å². The summed E-state index contributed by atoms with van der Waals surface area (Å²) in [5.41, 5.74) is 2.70. The highest BCUT2D eigenvalue weighted by atomic mass is 32.1. The number of fused-ring (bicyclic) bond motifs is 2. The van der Waals surface area contributed by atoms with E-state index in [2.05, 4.69) is 20.4 Å². The van der Waals surface area contributed by atoms with E-state index in [0.717, 1.165) is 50.6 Å². The van der Waals surface area contributed by atoms with Crippen molar-refractivity contribution in [2.24, 2.45) is 5.92 Å². The summed E-state index contributed by atoms with van der Waals surface area (Å²) in [6.07, 6.45) is 1.80. The Morgan fingerprint density at radius 2 is 2.10 bits per heavy atom. The van der Waals surface area contributed by atoms with Crippen LogP contribution < -0.4 is 10.2 Å². The van der Waals surface area contributed by atoms with E-state index >= 15 is 0 Å². The summed E-state index contributed by atoms with van der Waals surface area (Å²) >= 11 is 1.51. The number of amides is 1. The molecule has 4 heterocycles. The van der Waals surface area contributed by atoms with Crippen molar-refractivity contribution in [2.45, 2.75) is 13.8 Å². The molecular weight excluding hydrogens is 400 g/mol. The fourth-order valence-corrected chi connectivity index (χ4v) is 4.53. The number of carbonyl (C=O) groups excluding carboxylic acids is 1. The number of hydrogen-bond acceptors (Lipinski definition) is 7. The molecule has 1 aliphatic rings. The Bertz CT molecular complexity index is 1220. The molecule has 1 fully saturated rings. The maximum Gasteiger partial charge on any atom is 0.227 e. The van der Waals surface area contributed by atoms with Crippen molar-refractivity contribution >= 4 is 49.2 Å². The van der Waals surface area contributed by atoms with Gasteiger partial charge in [0.1, 0.15) is 0 Å². The zero-order chi connectivity index (χ0) is 20.7. The molecule has 0 radical (unpaired) electrons. The van der Waals surface area contributed by atoms with Crippen molar-refractivity contribution < 1.29 is 9.53 Å². The number of nitrogens with zero attached hydrogens (tertiary/aromatic N) is 4. The number of nitrogens with one attached hydrogen (secondary N) is 2. The van der Waals surface area contributed by atoms with Crippen molar-refractivity contribution in [1.82, 2.24) is 20.2 Å². The number of aromatic amines is 1. The first-order valence-corrected chi connectivity index (χ1v) is 10.8. The maximum atomic E-state index is 12.2. The number of anilines is 2. The number of rotatable bonds is 4. The monoisotopic (exact) mass is 422 g/mol. The van der Waals surface area contributed by atoms with Crippen LogP contribution in [0.15, 0.2) is 30.5 Å². The van der Waals surface area contributed by atoms with Gasteiger partial charge in [-0.1, -0.05) is 26.0 Å². The second kappa shape index (κ2) is 7.66. The number of carbonyl (C=O) groups is 1. The average molecular weight is 423 g/mol. The van der Waals surface area contributed by atoms with E-state index in [9.17, 15) is 4.79 Å².